The van der Waals surface area contributed by atoms with Gasteiger partial charge in [0.25, 0.3) is 0 Å². The molecule has 7 nitrogen and oxygen atoms in total. The summed E-state index contributed by atoms with van der Waals surface area (Å²) in [5, 5.41) is 11.4. The van der Waals surface area contributed by atoms with Gasteiger partial charge in [0.15, 0.2) is 5.69 Å². The van der Waals surface area contributed by atoms with Crippen LogP contribution in [-0.2, 0) is 11.3 Å². The summed E-state index contributed by atoms with van der Waals surface area (Å²) in [5.74, 6) is -1.21. The first-order valence-electron chi connectivity index (χ1n) is 5.77. The van der Waals surface area contributed by atoms with E-state index in [4.69, 9.17) is 10.8 Å². The molecule has 0 spiro atoms. The van der Waals surface area contributed by atoms with Crippen molar-refractivity contribution < 1.29 is 14.7 Å². The third-order valence-electron chi connectivity index (χ3n) is 2.57. The second-order valence-corrected chi connectivity index (χ2v) is 4.07. The number of aromatic carboxylic acids is 1. The number of hydrogen-bond donors (Lipinski definition) is 3. The zero-order valence-corrected chi connectivity index (χ0v) is 10.3. The predicted molar refractivity (Wildman–Crippen MR) is 65.0 cm³/mol. The molecule has 0 fully saturated rings. The molecule has 0 saturated carbocycles. The molecule has 1 heterocycles. The zero-order chi connectivity index (χ0) is 13.5. The molecule has 1 atom stereocenters. The fourth-order valence-electron chi connectivity index (χ4n) is 1.46. The highest BCUT2D eigenvalue weighted by molar-refractivity contribution is 5.84. The molecule has 0 saturated heterocycles. The first-order valence-corrected chi connectivity index (χ1v) is 5.77. The van der Waals surface area contributed by atoms with E-state index in [1.807, 2.05) is 6.92 Å². The molecule has 7 heteroatoms. The van der Waals surface area contributed by atoms with Crippen LogP contribution in [0.1, 0.15) is 23.8 Å². The summed E-state index contributed by atoms with van der Waals surface area (Å²) in [7, 11) is 0. The third kappa shape index (κ3) is 4.17. The Hall–Kier alpha value is -1.89. The van der Waals surface area contributed by atoms with Crippen LogP contribution in [-0.4, -0.2) is 39.6 Å². The summed E-state index contributed by atoms with van der Waals surface area (Å²) in [6.07, 6.45) is 3.51. The van der Waals surface area contributed by atoms with Gasteiger partial charge in [0.1, 0.15) is 0 Å². The van der Waals surface area contributed by atoms with Crippen LogP contribution in [0.5, 0.6) is 0 Å². The smallest absolute Gasteiger partial charge is 0.356 e. The topological polar surface area (TPSA) is 110 Å². The largest absolute Gasteiger partial charge is 0.476 e. The molecule has 0 radical (unpaired) electrons. The molecule has 100 valence electrons. The van der Waals surface area contributed by atoms with Crippen LogP contribution >= 0.6 is 0 Å². The first-order chi connectivity index (χ1) is 8.54. The number of imidazole rings is 1. The van der Waals surface area contributed by atoms with Gasteiger partial charge in [0.05, 0.1) is 6.33 Å². The number of amides is 1. The molecule has 0 aliphatic heterocycles. The van der Waals surface area contributed by atoms with Crippen LogP contribution in [0.4, 0.5) is 0 Å². The van der Waals surface area contributed by atoms with Crippen molar-refractivity contribution >= 4 is 11.9 Å². The average molecular weight is 254 g/mol. The van der Waals surface area contributed by atoms with Crippen molar-refractivity contribution in [3.05, 3.63) is 18.2 Å². The molecule has 0 aliphatic carbocycles. The molecular formula is C11H18N4O3. The summed E-state index contributed by atoms with van der Waals surface area (Å²) in [5.41, 5.74) is 5.37. The van der Waals surface area contributed by atoms with Gasteiger partial charge in [-0.25, -0.2) is 9.78 Å². The summed E-state index contributed by atoms with van der Waals surface area (Å²) < 4.78 is 1.62. The highest BCUT2D eigenvalue weighted by Crippen LogP contribution is 1.99. The second kappa shape index (κ2) is 6.75. The van der Waals surface area contributed by atoms with Crippen LogP contribution in [0.2, 0.25) is 0 Å². The minimum atomic E-state index is -1.06. The molecule has 0 aromatic carbocycles. The Bertz CT molecular complexity index is 416. The molecule has 18 heavy (non-hydrogen) atoms. The van der Waals surface area contributed by atoms with Crippen molar-refractivity contribution in [3.8, 4) is 0 Å². The van der Waals surface area contributed by atoms with Crippen molar-refractivity contribution in [1.29, 1.82) is 0 Å². The lowest BCUT2D eigenvalue weighted by Gasteiger charge is -2.10. The van der Waals surface area contributed by atoms with E-state index < -0.39 is 5.97 Å². The Balaban J connectivity index is 2.32. The number of carbonyl (C=O) groups excluding carboxylic acids is 1. The molecule has 1 aromatic rings. The minimum Gasteiger partial charge on any atom is -0.476 e. The lowest BCUT2D eigenvalue weighted by molar-refractivity contribution is -0.124. The first kappa shape index (κ1) is 14.2. The van der Waals surface area contributed by atoms with Gasteiger partial charge in [-0.2, -0.15) is 0 Å². The summed E-state index contributed by atoms with van der Waals surface area (Å²) in [6.45, 7) is 3.23. The molecule has 1 unspecified atom stereocenters. The number of aromatic nitrogens is 2. The lowest BCUT2D eigenvalue weighted by Crippen LogP contribution is -2.32. The normalized spacial score (nSPS) is 12.1. The van der Waals surface area contributed by atoms with Crippen molar-refractivity contribution in [2.45, 2.75) is 19.9 Å². The Morgan fingerprint density at radius 1 is 1.61 bits per heavy atom. The quantitative estimate of drug-likeness (QED) is 0.617. The molecule has 0 bridgehead atoms. The molecule has 0 aliphatic rings. The van der Waals surface area contributed by atoms with Crippen molar-refractivity contribution in [2.24, 2.45) is 11.7 Å². The number of carboxylic acids is 1. The molecular weight excluding hydrogens is 236 g/mol. The van der Waals surface area contributed by atoms with Gasteiger partial charge in [0, 0.05) is 25.2 Å². The predicted octanol–water partition coefficient (Wildman–Crippen LogP) is -0.318. The number of nitrogens with zero attached hydrogens (tertiary/aromatic N) is 2. The number of carboxylic acid groups (broad SMARTS) is 1. The molecule has 1 aromatic heterocycles. The van der Waals surface area contributed by atoms with Crippen molar-refractivity contribution in [1.82, 2.24) is 14.9 Å². The number of nitrogens with one attached hydrogen (secondary N) is 1. The summed E-state index contributed by atoms with van der Waals surface area (Å²) in [6, 6.07) is 0. The van der Waals surface area contributed by atoms with E-state index in [2.05, 4.69) is 10.3 Å². The van der Waals surface area contributed by atoms with Crippen LogP contribution in [0, 0.1) is 5.92 Å². The van der Waals surface area contributed by atoms with Gasteiger partial charge in [-0.3, -0.25) is 4.79 Å². The standard InChI is InChI=1S/C11H18N4O3/c1-8(2-3-12)10(16)13-4-5-15-6-9(11(17)18)14-7-15/h6-8H,2-5,12H2,1H3,(H,13,16)(H,17,18). The maximum absolute atomic E-state index is 11.6. The van der Waals surface area contributed by atoms with Gasteiger partial charge in [0.2, 0.25) is 5.91 Å². The Morgan fingerprint density at radius 2 is 2.33 bits per heavy atom. The van der Waals surface area contributed by atoms with E-state index in [9.17, 15) is 9.59 Å². The molecule has 1 amide bonds. The van der Waals surface area contributed by atoms with E-state index in [1.165, 1.54) is 12.5 Å². The lowest BCUT2D eigenvalue weighted by atomic mass is 10.1. The van der Waals surface area contributed by atoms with Crippen LogP contribution in [0.15, 0.2) is 12.5 Å². The monoisotopic (exact) mass is 254 g/mol. The summed E-state index contributed by atoms with van der Waals surface area (Å²) >= 11 is 0. The SMILES string of the molecule is CC(CCN)C(=O)NCCn1cnc(C(=O)O)c1. The number of carbonyl (C=O) groups is 2. The Labute approximate surface area is 105 Å². The third-order valence-corrected chi connectivity index (χ3v) is 2.57. The van der Waals surface area contributed by atoms with Crippen LogP contribution in [0.3, 0.4) is 0 Å². The summed E-state index contributed by atoms with van der Waals surface area (Å²) in [4.78, 5) is 25.9. The van der Waals surface area contributed by atoms with Gasteiger partial charge in [-0.15, -0.1) is 0 Å². The second-order valence-electron chi connectivity index (χ2n) is 4.07. The zero-order valence-electron chi connectivity index (χ0n) is 10.3. The maximum atomic E-state index is 11.6. The van der Waals surface area contributed by atoms with Gasteiger partial charge < -0.3 is 20.7 Å². The number of nitrogens with two attached hydrogens (primary N) is 1. The van der Waals surface area contributed by atoms with Crippen molar-refractivity contribution in [3.63, 3.8) is 0 Å². The van der Waals surface area contributed by atoms with Gasteiger partial charge in [-0.1, -0.05) is 6.92 Å². The average Bonchev–Trinajstić information content (AvgIpc) is 2.78. The van der Waals surface area contributed by atoms with Crippen LogP contribution in [0.25, 0.3) is 0 Å². The fourth-order valence-corrected chi connectivity index (χ4v) is 1.46. The minimum absolute atomic E-state index is 0.00201. The van der Waals surface area contributed by atoms with Crippen molar-refractivity contribution in [2.75, 3.05) is 13.1 Å². The van der Waals surface area contributed by atoms with Gasteiger partial charge >= 0.3 is 5.97 Å². The van der Waals surface area contributed by atoms with E-state index in [0.717, 1.165) is 0 Å². The Kier molecular flexibility index (Phi) is 5.31. The van der Waals surface area contributed by atoms with E-state index in [-0.39, 0.29) is 17.5 Å². The highest BCUT2D eigenvalue weighted by atomic mass is 16.4. The molecule has 4 N–H and O–H groups in total. The highest BCUT2D eigenvalue weighted by Gasteiger charge is 2.11. The maximum Gasteiger partial charge on any atom is 0.356 e. The Morgan fingerprint density at radius 3 is 2.89 bits per heavy atom. The number of rotatable bonds is 7. The molecule has 1 rings (SSSR count). The van der Waals surface area contributed by atoms with Crippen LogP contribution < -0.4 is 11.1 Å². The van der Waals surface area contributed by atoms with E-state index in [0.29, 0.717) is 26.1 Å². The number of hydrogen-bond acceptors (Lipinski definition) is 4. The van der Waals surface area contributed by atoms with E-state index >= 15 is 0 Å². The van der Waals surface area contributed by atoms with E-state index in [1.54, 1.807) is 4.57 Å². The van der Waals surface area contributed by atoms with Gasteiger partial charge in [-0.05, 0) is 13.0 Å². The fraction of sp³-hybridized carbons (Fsp3) is 0.545.